The number of rotatable bonds is 7. The second kappa shape index (κ2) is 6.95. The predicted molar refractivity (Wildman–Crippen MR) is 91.0 cm³/mol. The SMILES string of the molecule is CCN(CC)Cc1nc(C2(O)CCN(CC3CC3)CC2)cs1. The first-order chi connectivity index (χ1) is 10.6. The molecule has 1 saturated carbocycles. The highest BCUT2D eigenvalue weighted by molar-refractivity contribution is 7.09. The van der Waals surface area contributed by atoms with Crippen LogP contribution in [0.2, 0.25) is 0 Å². The van der Waals surface area contributed by atoms with Crippen molar-refractivity contribution in [1.82, 2.24) is 14.8 Å². The fraction of sp³-hybridized carbons (Fsp3) is 0.824. The van der Waals surface area contributed by atoms with Crippen LogP contribution in [0.4, 0.5) is 0 Å². The molecular weight excluding hydrogens is 294 g/mol. The number of piperidine rings is 1. The molecule has 1 aliphatic heterocycles. The Morgan fingerprint density at radius 1 is 1.32 bits per heavy atom. The highest BCUT2D eigenvalue weighted by atomic mass is 32.1. The molecule has 0 amide bonds. The van der Waals surface area contributed by atoms with E-state index in [4.69, 9.17) is 4.98 Å². The van der Waals surface area contributed by atoms with Crippen molar-refractivity contribution in [1.29, 1.82) is 0 Å². The van der Waals surface area contributed by atoms with Crippen LogP contribution in [0.1, 0.15) is 50.2 Å². The lowest BCUT2D eigenvalue weighted by molar-refractivity contribution is -0.0298. The zero-order valence-electron chi connectivity index (χ0n) is 13.9. The molecule has 1 saturated heterocycles. The third kappa shape index (κ3) is 3.88. The second-order valence-electron chi connectivity index (χ2n) is 6.86. The Morgan fingerprint density at radius 3 is 2.59 bits per heavy atom. The fourth-order valence-electron chi connectivity index (χ4n) is 3.26. The zero-order valence-corrected chi connectivity index (χ0v) is 14.7. The van der Waals surface area contributed by atoms with Crippen molar-refractivity contribution in [3.8, 4) is 0 Å². The van der Waals surface area contributed by atoms with Crippen molar-refractivity contribution < 1.29 is 5.11 Å². The summed E-state index contributed by atoms with van der Waals surface area (Å²) in [5.41, 5.74) is 0.212. The standard InChI is InChI=1S/C17H29N3OS/c1-3-19(4-2)12-16-18-15(13-22-16)17(21)7-9-20(10-8-17)11-14-5-6-14/h13-14,21H,3-12H2,1-2H3. The van der Waals surface area contributed by atoms with E-state index in [0.29, 0.717) is 0 Å². The molecule has 0 spiro atoms. The van der Waals surface area contributed by atoms with Gasteiger partial charge in [0.15, 0.2) is 0 Å². The summed E-state index contributed by atoms with van der Waals surface area (Å²) in [6.45, 7) is 10.6. The van der Waals surface area contributed by atoms with E-state index >= 15 is 0 Å². The van der Waals surface area contributed by atoms with Crippen LogP contribution in [-0.4, -0.2) is 52.6 Å². The summed E-state index contributed by atoms with van der Waals surface area (Å²) < 4.78 is 0. The highest BCUT2D eigenvalue weighted by Crippen LogP contribution is 2.36. The van der Waals surface area contributed by atoms with E-state index in [2.05, 4.69) is 29.0 Å². The molecule has 0 unspecified atom stereocenters. The average Bonchev–Trinajstić information content (AvgIpc) is 3.22. The van der Waals surface area contributed by atoms with Gasteiger partial charge in [0, 0.05) is 25.0 Å². The third-order valence-corrected chi connectivity index (χ3v) is 6.01. The maximum atomic E-state index is 11.0. The van der Waals surface area contributed by atoms with Crippen molar-refractivity contribution in [3.05, 3.63) is 16.1 Å². The van der Waals surface area contributed by atoms with Crippen molar-refractivity contribution in [3.63, 3.8) is 0 Å². The number of aliphatic hydroxyl groups is 1. The molecule has 2 heterocycles. The monoisotopic (exact) mass is 323 g/mol. The van der Waals surface area contributed by atoms with Crippen LogP contribution in [0, 0.1) is 5.92 Å². The Morgan fingerprint density at radius 2 is 2.00 bits per heavy atom. The lowest BCUT2D eigenvalue weighted by Gasteiger charge is -2.37. The lowest BCUT2D eigenvalue weighted by Crippen LogP contribution is -2.43. The van der Waals surface area contributed by atoms with Crippen LogP contribution >= 0.6 is 11.3 Å². The largest absolute Gasteiger partial charge is 0.383 e. The van der Waals surface area contributed by atoms with E-state index < -0.39 is 5.60 Å². The third-order valence-electron chi connectivity index (χ3n) is 5.18. The van der Waals surface area contributed by atoms with Crippen LogP contribution in [0.3, 0.4) is 0 Å². The fourth-order valence-corrected chi connectivity index (χ4v) is 4.19. The minimum absolute atomic E-state index is 0.696. The van der Waals surface area contributed by atoms with Gasteiger partial charge in [0.05, 0.1) is 12.2 Å². The van der Waals surface area contributed by atoms with Gasteiger partial charge >= 0.3 is 0 Å². The smallest absolute Gasteiger partial charge is 0.110 e. The Bertz CT molecular complexity index is 474. The van der Waals surface area contributed by atoms with Gasteiger partial charge in [-0.05, 0) is 44.7 Å². The molecule has 0 bridgehead atoms. The minimum atomic E-state index is -0.696. The van der Waals surface area contributed by atoms with Crippen molar-refractivity contribution in [2.45, 2.75) is 51.7 Å². The van der Waals surface area contributed by atoms with Gasteiger partial charge in [-0.1, -0.05) is 13.8 Å². The maximum absolute atomic E-state index is 11.0. The van der Waals surface area contributed by atoms with E-state index in [1.807, 2.05) is 0 Å². The van der Waals surface area contributed by atoms with Gasteiger partial charge in [-0.3, -0.25) is 4.90 Å². The van der Waals surface area contributed by atoms with Gasteiger partial charge in [-0.2, -0.15) is 0 Å². The number of thiazole rings is 1. The molecule has 2 fully saturated rings. The Kier molecular flexibility index (Phi) is 5.17. The molecule has 0 aromatic carbocycles. The normalized spacial score (nSPS) is 22.4. The number of likely N-dealkylation sites (tertiary alicyclic amines) is 1. The summed E-state index contributed by atoms with van der Waals surface area (Å²) in [5.74, 6) is 0.936. The second-order valence-corrected chi connectivity index (χ2v) is 7.81. The molecule has 4 nitrogen and oxygen atoms in total. The van der Waals surface area contributed by atoms with E-state index in [-0.39, 0.29) is 0 Å². The zero-order chi connectivity index (χ0) is 15.6. The van der Waals surface area contributed by atoms with E-state index in [1.165, 1.54) is 19.4 Å². The van der Waals surface area contributed by atoms with Crippen LogP contribution in [0.25, 0.3) is 0 Å². The van der Waals surface area contributed by atoms with E-state index in [9.17, 15) is 5.11 Å². The highest BCUT2D eigenvalue weighted by Gasteiger charge is 2.37. The number of hydrogen-bond acceptors (Lipinski definition) is 5. The Hall–Kier alpha value is -0.490. The number of hydrogen-bond donors (Lipinski definition) is 1. The summed E-state index contributed by atoms with van der Waals surface area (Å²) >= 11 is 1.70. The van der Waals surface area contributed by atoms with Crippen LogP contribution in [0.5, 0.6) is 0 Å². The summed E-state index contributed by atoms with van der Waals surface area (Å²) in [5, 5.41) is 14.2. The molecular formula is C17H29N3OS. The molecule has 0 radical (unpaired) electrons. The summed E-state index contributed by atoms with van der Waals surface area (Å²) in [6, 6.07) is 0. The summed E-state index contributed by atoms with van der Waals surface area (Å²) in [6.07, 6.45) is 4.46. The van der Waals surface area contributed by atoms with Crippen LogP contribution in [0.15, 0.2) is 5.38 Å². The molecule has 1 aromatic heterocycles. The van der Waals surface area contributed by atoms with Gasteiger partial charge in [-0.15, -0.1) is 11.3 Å². The minimum Gasteiger partial charge on any atom is -0.383 e. The van der Waals surface area contributed by atoms with Crippen LogP contribution in [-0.2, 0) is 12.1 Å². The first-order valence-corrected chi connectivity index (χ1v) is 9.63. The van der Waals surface area contributed by atoms with Gasteiger partial charge in [0.2, 0.25) is 0 Å². The molecule has 0 atom stereocenters. The molecule has 1 aromatic rings. The molecule has 22 heavy (non-hydrogen) atoms. The Balaban J connectivity index is 1.57. The van der Waals surface area contributed by atoms with Gasteiger partial charge in [0.1, 0.15) is 10.6 Å². The molecule has 3 rings (SSSR count). The first kappa shape index (κ1) is 16.4. The summed E-state index contributed by atoms with van der Waals surface area (Å²) in [4.78, 5) is 9.64. The van der Waals surface area contributed by atoms with Crippen molar-refractivity contribution >= 4 is 11.3 Å². The molecule has 124 valence electrons. The molecule has 5 heteroatoms. The first-order valence-electron chi connectivity index (χ1n) is 8.75. The topological polar surface area (TPSA) is 39.6 Å². The maximum Gasteiger partial charge on any atom is 0.110 e. The average molecular weight is 324 g/mol. The Labute approximate surface area is 138 Å². The molecule has 1 aliphatic carbocycles. The number of aromatic nitrogens is 1. The van der Waals surface area contributed by atoms with Gasteiger partial charge in [-0.25, -0.2) is 4.98 Å². The van der Waals surface area contributed by atoms with Gasteiger partial charge in [0.25, 0.3) is 0 Å². The quantitative estimate of drug-likeness (QED) is 0.837. The van der Waals surface area contributed by atoms with Crippen LogP contribution < -0.4 is 0 Å². The number of nitrogens with zero attached hydrogens (tertiary/aromatic N) is 3. The predicted octanol–water partition coefficient (Wildman–Crippen LogP) is 2.68. The molecule has 1 N–H and O–H groups in total. The molecule has 2 aliphatic rings. The summed E-state index contributed by atoms with van der Waals surface area (Å²) in [7, 11) is 0. The van der Waals surface area contributed by atoms with E-state index in [1.54, 1.807) is 11.3 Å². The van der Waals surface area contributed by atoms with Crippen molar-refractivity contribution in [2.75, 3.05) is 32.7 Å². The lowest BCUT2D eigenvalue weighted by atomic mass is 9.88. The van der Waals surface area contributed by atoms with Crippen molar-refractivity contribution in [2.24, 2.45) is 5.92 Å². The van der Waals surface area contributed by atoms with E-state index in [0.717, 1.165) is 62.2 Å². The van der Waals surface area contributed by atoms with Gasteiger partial charge < -0.3 is 10.0 Å².